The number of nitrogens with one attached hydrogen (secondary N) is 1. The summed E-state index contributed by atoms with van der Waals surface area (Å²) in [7, 11) is 1.58. The zero-order valence-electron chi connectivity index (χ0n) is 12.4. The number of hydrogen-bond acceptors (Lipinski definition) is 7. The first kappa shape index (κ1) is 15.7. The first-order chi connectivity index (χ1) is 11.1. The van der Waals surface area contributed by atoms with E-state index in [4.69, 9.17) is 14.2 Å². The average Bonchev–Trinajstić information content (AvgIpc) is 3.00. The van der Waals surface area contributed by atoms with E-state index in [2.05, 4.69) is 10.3 Å². The Morgan fingerprint density at radius 2 is 2.09 bits per heavy atom. The van der Waals surface area contributed by atoms with Crippen molar-refractivity contribution in [1.82, 2.24) is 4.98 Å². The Bertz CT molecular complexity index is 681. The first-order valence-corrected chi connectivity index (χ1v) is 7.74. The van der Waals surface area contributed by atoms with Gasteiger partial charge < -0.3 is 19.3 Å². The number of amides is 1. The van der Waals surface area contributed by atoms with E-state index in [-0.39, 0.29) is 25.7 Å². The summed E-state index contributed by atoms with van der Waals surface area (Å²) in [6, 6.07) is 6.95. The SMILES string of the molecule is COc1ccc(OCC(=O)Nc2ncc(C3(O)COC3)s2)cc1. The molecule has 0 spiro atoms. The molecular weight excluding hydrogens is 320 g/mol. The lowest BCUT2D eigenvalue weighted by Crippen LogP contribution is -2.45. The lowest BCUT2D eigenvalue weighted by Gasteiger charge is -2.34. The molecule has 1 aliphatic rings. The highest BCUT2D eigenvalue weighted by atomic mass is 32.1. The minimum Gasteiger partial charge on any atom is -0.497 e. The smallest absolute Gasteiger partial charge is 0.264 e. The summed E-state index contributed by atoms with van der Waals surface area (Å²) >= 11 is 1.23. The van der Waals surface area contributed by atoms with E-state index in [0.29, 0.717) is 15.8 Å². The Morgan fingerprint density at radius 1 is 1.39 bits per heavy atom. The highest BCUT2D eigenvalue weighted by Crippen LogP contribution is 2.34. The molecule has 1 saturated heterocycles. The molecule has 8 heteroatoms. The van der Waals surface area contributed by atoms with E-state index in [9.17, 15) is 9.90 Å². The third kappa shape index (κ3) is 3.61. The topological polar surface area (TPSA) is 89.9 Å². The van der Waals surface area contributed by atoms with Crippen molar-refractivity contribution >= 4 is 22.4 Å². The number of anilines is 1. The van der Waals surface area contributed by atoms with Gasteiger partial charge in [0, 0.05) is 6.20 Å². The van der Waals surface area contributed by atoms with Crippen LogP contribution in [0.2, 0.25) is 0 Å². The van der Waals surface area contributed by atoms with Crippen molar-refractivity contribution in [3.63, 3.8) is 0 Å². The number of methoxy groups -OCH3 is 1. The molecule has 0 aliphatic carbocycles. The molecule has 1 aliphatic heterocycles. The molecule has 122 valence electrons. The van der Waals surface area contributed by atoms with Crippen LogP contribution in [0, 0.1) is 0 Å². The summed E-state index contributed by atoms with van der Waals surface area (Å²) in [5, 5.41) is 13.2. The van der Waals surface area contributed by atoms with Crippen molar-refractivity contribution in [2.24, 2.45) is 0 Å². The third-order valence-corrected chi connectivity index (χ3v) is 4.43. The van der Waals surface area contributed by atoms with Crippen molar-refractivity contribution < 1.29 is 24.1 Å². The summed E-state index contributed by atoms with van der Waals surface area (Å²) < 4.78 is 15.4. The maximum atomic E-state index is 11.9. The molecule has 2 aromatic rings. The van der Waals surface area contributed by atoms with Crippen LogP contribution in [-0.4, -0.2) is 42.9 Å². The maximum Gasteiger partial charge on any atom is 0.264 e. The summed E-state index contributed by atoms with van der Waals surface area (Å²) in [6.45, 7) is 0.376. The number of thiazole rings is 1. The summed E-state index contributed by atoms with van der Waals surface area (Å²) in [5.74, 6) is 0.968. The Balaban J connectivity index is 1.51. The van der Waals surface area contributed by atoms with Gasteiger partial charge in [-0.2, -0.15) is 0 Å². The largest absolute Gasteiger partial charge is 0.497 e. The van der Waals surface area contributed by atoms with E-state index in [0.717, 1.165) is 5.75 Å². The van der Waals surface area contributed by atoms with Crippen molar-refractivity contribution in [2.45, 2.75) is 5.60 Å². The van der Waals surface area contributed by atoms with Crippen LogP contribution in [0.4, 0.5) is 5.13 Å². The van der Waals surface area contributed by atoms with Gasteiger partial charge in [-0.15, -0.1) is 0 Å². The van der Waals surface area contributed by atoms with E-state index in [1.807, 2.05) is 0 Å². The molecule has 1 amide bonds. The number of nitrogens with zero attached hydrogens (tertiary/aromatic N) is 1. The lowest BCUT2D eigenvalue weighted by molar-refractivity contribution is -0.182. The van der Waals surface area contributed by atoms with E-state index in [1.165, 1.54) is 11.3 Å². The Labute approximate surface area is 136 Å². The van der Waals surface area contributed by atoms with Gasteiger partial charge in [0.1, 0.15) is 17.1 Å². The molecule has 1 fully saturated rings. The molecule has 23 heavy (non-hydrogen) atoms. The zero-order chi connectivity index (χ0) is 16.3. The molecule has 0 radical (unpaired) electrons. The van der Waals surface area contributed by atoms with Crippen LogP contribution in [0.1, 0.15) is 4.88 Å². The molecule has 0 bridgehead atoms. The van der Waals surface area contributed by atoms with Gasteiger partial charge in [0.25, 0.3) is 5.91 Å². The van der Waals surface area contributed by atoms with Crippen LogP contribution >= 0.6 is 11.3 Å². The zero-order valence-corrected chi connectivity index (χ0v) is 13.3. The molecule has 2 heterocycles. The highest BCUT2D eigenvalue weighted by Gasteiger charge is 2.39. The fourth-order valence-corrected chi connectivity index (χ4v) is 2.85. The van der Waals surface area contributed by atoms with Crippen molar-refractivity contribution in [2.75, 3.05) is 32.2 Å². The van der Waals surface area contributed by atoms with Gasteiger partial charge >= 0.3 is 0 Å². The number of hydrogen-bond donors (Lipinski definition) is 2. The van der Waals surface area contributed by atoms with Gasteiger partial charge in [0.05, 0.1) is 25.2 Å². The number of carbonyl (C=O) groups is 1. The maximum absolute atomic E-state index is 11.9. The standard InChI is InChI=1S/C15H16N2O5S/c1-20-10-2-4-11(5-3-10)22-7-13(18)17-14-16-6-12(23-14)15(19)8-21-9-15/h2-6,19H,7-9H2,1H3,(H,16,17,18). The fraction of sp³-hybridized carbons (Fsp3) is 0.333. The molecule has 0 saturated carbocycles. The highest BCUT2D eigenvalue weighted by molar-refractivity contribution is 7.15. The second kappa shape index (κ2) is 6.53. The Morgan fingerprint density at radius 3 is 2.70 bits per heavy atom. The monoisotopic (exact) mass is 336 g/mol. The summed E-state index contributed by atoms with van der Waals surface area (Å²) in [5.41, 5.74) is -0.972. The van der Waals surface area contributed by atoms with Gasteiger partial charge in [-0.3, -0.25) is 10.1 Å². The molecule has 0 unspecified atom stereocenters. The third-order valence-electron chi connectivity index (χ3n) is 3.32. The van der Waals surface area contributed by atoms with Gasteiger partial charge in [-0.25, -0.2) is 4.98 Å². The minimum atomic E-state index is -0.972. The number of rotatable bonds is 6. The molecule has 1 aromatic carbocycles. The number of benzene rings is 1. The quantitative estimate of drug-likeness (QED) is 0.828. The van der Waals surface area contributed by atoms with Crippen LogP contribution in [0.25, 0.3) is 0 Å². The van der Waals surface area contributed by atoms with Gasteiger partial charge in [-0.1, -0.05) is 11.3 Å². The van der Waals surface area contributed by atoms with E-state index in [1.54, 1.807) is 37.6 Å². The Kier molecular flexibility index (Phi) is 4.46. The van der Waals surface area contributed by atoms with E-state index < -0.39 is 5.60 Å². The van der Waals surface area contributed by atoms with Crippen LogP contribution in [0.15, 0.2) is 30.5 Å². The van der Waals surface area contributed by atoms with Crippen LogP contribution in [0.5, 0.6) is 11.5 Å². The minimum absolute atomic E-state index is 0.130. The normalized spacial score (nSPS) is 15.6. The predicted octanol–water partition coefficient (Wildman–Crippen LogP) is 1.39. The van der Waals surface area contributed by atoms with Gasteiger partial charge in [0.15, 0.2) is 11.7 Å². The van der Waals surface area contributed by atoms with Crippen molar-refractivity contribution in [3.8, 4) is 11.5 Å². The second-order valence-corrected chi connectivity index (χ2v) is 6.10. The molecular formula is C15H16N2O5S. The van der Waals surface area contributed by atoms with E-state index >= 15 is 0 Å². The average molecular weight is 336 g/mol. The summed E-state index contributed by atoms with van der Waals surface area (Å²) in [4.78, 5) is 16.6. The van der Waals surface area contributed by atoms with Crippen LogP contribution in [-0.2, 0) is 15.1 Å². The molecule has 1 aromatic heterocycles. The Hall–Kier alpha value is -2.16. The number of carbonyl (C=O) groups excluding carboxylic acids is 1. The lowest BCUT2D eigenvalue weighted by atomic mass is 10.0. The molecule has 2 N–H and O–H groups in total. The van der Waals surface area contributed by atoms with Crippen LogP contribution < -0.4 is 14.8 Å². The van der Waals surface area contributed by atoms with Crippen LogP contribution in [0.3, 0.4) is 0 Å². The van der Waals surface area contributed by atoms with Crippen molar-refractivity contribution in [3.05, 3.63) is 35.3 Å². The number of ether oxygens (including phenoxy) is 3. The molecule has 3 rings (SSSR count). The number of aromatic nitrogens is 1. The second-order valence-electron chi connectivity index (χ2n) is 5.07. The fourth-order valence-electron chi connectivity index (χ4n) is 1.96. The first-order valence-electron chi connectivity index (χ1n) is 6.92. The molecule has 7 nitrogen and oxygen atoms in total. The van der Waals surface area contributed by atoms with Gasteiger partial charge in [-0.05, 0) is 24.3 Å². The van der Waals surface area contributed by atoms with Crippen molar-refractivity contribution in [1.29, 1.82) is 0 Å². The van der Waals surface area contributed by atoms with Gasteiger partial charge in [0.2, 0.25) is 0 Å². The number of aliphatic hydroxyl groups is 1. The summed E-state index contributed by atoms with van der Waals surface area (Å²) in [6.07, 6.45) is 1.55. The predicted molar refractivity (Wildman–Crippen MR) is 83.9 cm³/mol. The molecule has 0 atom stereocenters.